The molecule has 0 spiro atoms. The Balaban J connectivity index is 0. The highest BCUT2D eigenvalue weighted by molar-refractivity contribution is 6.90. The summed E-state index contributed by atoms with van der Waals surface area (Å²) in [7, 11) is -3.44. The Morgan fingerprint density at radius 1 is 0.842 bits per heavy atom. The van der Waals surface area contributed by atoms with E-state index in [1.807, 2.05) is 19.6 Å². The van der Waals surface area contributed by atoms with Crippen LogP contribution in [0.5, 0.6) is 0 Å². The van der Waals surface area contributed by atoms with Crippen LogP contribution < -0.4 is 9.63 Å². The summed E-state index contributed by atoms with van der Waals surface area (Å²) in [6.07, 6.45) is -0.290. The number of hydrogen-bond donors (Lipinski definition) is 2. The summed E-state index contributed by atoms with van der Waals surface area (Å²) < 4.78 is 8.44. The topological polar surface area (TPSA) is 50.4 Å². The van der Waals surface area contributed by atoms with Crippen molar-refractivity contribution in [3.8, 4) is 0 Å². The van der Waals surface area contributed by atoms with Crippen molar-refractivity contribution in [1.82, 2.24) is 9.63 Å². The Kier molecular flexibility index (Phi) is 9.18. The lowest BCUT2D eigenvalue weighted by Gasteiger charge is -2.28. The standard InChI is InChI=1S/C6H15NO2Si.C6H19NSi2/c1-5-9-6(8)7-10(2,3)4;1-8(2,3)7-9(4,5)6/h5H2,1-4H3,(H,7,8);7H,1-6H3. The van der Waals surface area contributed by atoms with Gasteiger partial charge in [0.15, 0.2) is 8.24 Å². The second-order valence-corrected chi connectivity index (χ2v) is 22.5. The van der Waals surface area contributed by atoms with Gasteiger partial charge >= 0.3 is 6.09 Å². The smallest absolute Gasteiger partial charge is 0.399 e. The maximum Gasteiger partial charge on any atom is 0.399 e. The Morgan fingerprint density at radius 3 is 1.37 bits per heavy atom. The van der Waals surface area contributed by atoms with Gasteiger partial charge in [-0.25, -0.2) is 4.79 Å². The van der Waals surface area contributed by atoms with E-state index in [2.05, 4.69) is 48.9 Å². The molecule has 0 bridgehead atoms. The van der Waals surface area contributed by atoms with Gasteiger partial charge in [-0.1, -0.05) is 58.9 Å². The molecule has 0 aromatic heterocycles. The van der Waals surface area contributed by atoms with Crippen molar-refractivity contribution in [1.29, 1.82) is 0 Å². The third-order valence-electron chi connectivity index (χ3n) is 1.50. The van der Waals surface area contributed by atoms with Gasteiger partial charge < -0.3 is 14.4 Å². The van der Waals surface area contributed by atoms with Crippen LogP contribution in [0.2, 0.25) is 58.9 Å². The van der Waals surface area contributed by atoms with Crippen LogP contribution in [0.1, 0.15) is 6.92 Å². The van der Waals surface area contributed by atoms with E-state index in [0.29, 0.717) is 6.61 Å². The van der Waals surface area contributed by atoms with Crippen LogP contribution in [0, 0.1) is 0 Å². The van der Waals surface area contributed by atoms with Crippen LogP contribution in [0.25, 0.3) is 0 Å². The van der Waals surface area contributed by atoms with Gasteiger partial charge in [0.25, 0.3) is 0 Å². The molecule has 7 heteroatoms. The summed E-state index contributed by atoms with van der Waals surface area (Å²) >= 11 is 0. The molecule has 0 saturated carbocycles. The highest BCUT2D eigenvalue weighted by Crippen LogP contribution is 2.02. The monoisotopic (exact) mass is 322 g/mol. The van der Waals surface area contributed by atoms with Crippen molar-refractivity contribution in [3.05, 3.63) is 0 Å². The van der Waals surface area contributed by atoms with E-state index in [-0.39, 0.29) is 6.09 Å². The second kappa shape index (κ2) is 8.23. The third-order valence-corrected chi connectivity index (χ3v) is 8.46. The molecule has 0 radical (unpaired) electrons. The summed E-state index contributed by atoms with van der Waals surface area (Å²) in [6, 6.07) is 0. The minimum absolute atomic E-state index is 0.290. The fraction of sp³-hybridized carbons (Fsp3) is 0.917. The van der Waals surface area contributed by atoms with Crippen molar-refractivity contribution in [3.63, 3.8) is 0 Å². The zero-order valence-electron chi connectivity index (χ0n) is 14.5. The lowest BCUT2D eigenvalue weighted by Crippen LogP contribution is -2.55. The molecule has 0 atom stereocenters. The molecular weight excluding hydrogens is 288 g/mol. The number of ether oxygens (including phenoxy) is 1. The molecule has 4 nitrogen and oxygen atoms in total. The first-order valence-corrected chi connectivity index (χ1v) is 17.4. The van der Waals surface area contributed by atoms with Crippen LogP contribution in [0.3, 0.4) is 0 Å². The van der Waals surface area contributed by atoms with E-state index in [1.165, 1.54) is 0 Å². The molecule has 0 aromatic rings. The molecule has 0 fully saturated rings. The normalized spacial score (nSPS) is 12.3. The lowest BCUT2D eigenvalue weighted by atomic mass is 10.9. The molecule has 2 N–H and O–H groups in total. The maximum absolute atomic E-state index is 10.8. The predicted octanol–water partition coefficient (Wildman–Crippen LogP) is 3.81. The molecule has 0 aliphatic heterocycles. The quantitative estimate of drug-likeness (QED) is 0.774. The molecule has 19 heavy (non-hydrogen) atoms. The number of hydrogen-bond acceptors (Lipinski definition) is 3. The molecule has 1 amide bonds. The SMILES string of the molecule is CCOC(=O)N[Si](C)(C)C.C[Si](C)(C)N[Si](C)(C)C. The minimum atomic E-state index is -1.48. The van der Waals surface area contributed by atoms with Crippen molar-refractivity contribution in [2.45, 2.75) is 65.8 Å². The average Bonchev–Trinajstić information content (AvgIpc) is 1.92. The molecular formula is C12H34N2O2Si3. The van der Waals surface area contributed by atoms with Gasteiger partial charge in [-0.3, -0.25) is 0 Å². The molecule has 0 aliphatic rings. The number of rotatable bonds is 4. The van der Waals surface area contributed by atoms with Crippen LogP contribution in [0.15, 0.2) is 0 Å². The van der Waals surface area contributed by atoms with Gasteiger partial charge in [-0.15, -0.1) is 0 Å². The third kappa shape index (κ3) is 23.4. The van der Waals surface area contributed by atoms with Crippen LogP contribution in [0.4, 0.5) is 4.79 Å². The summed E-state index contributed by atoms with van der Waals surface area (Å²) in [5, 5.41) is 0. The fourth-order valence-corrected chi connectivity index (χ4v) is 11.3. The molecule has 0 saturated heterocycles. The van der Waals surface area contributed by atoms with Gasteiger partial charge in [0.05, 0.1) is 6.61 Å². The first-order valence-electron chi connectivity index (χ1n) is 6.90. The average molecular weight is 323 g/mol. The lowest BCUT2D eigenvalue weighted by molar-refractivity contribution is 0.158. The number of nitrogens with one attached hydrogen (secondary N) is 2. The van der Waals surface area contributed by atoms with Gasteiger partial charge in [0, 0.05) is 0 Å². The summed E-state index contributed by atoms with van der Waals surface area (Å²) in [5.74, 6) is 0. The van der Waals surface area contributed by atoms with E-state index in [1.54, 1.807) is 6.92 Å². The van der Waals surface area contributed by atoms with E-state index in [4.69, 9.17) is 4.74 Å². The first-order chi connectivity index (χ1) is 8.16. The molecule has 0 rings (SSSR count). The highest BCUT2D eigenvalue weighted by atomic mass is 28.4. The Hall–Kier alpha value is -0.119. The molecule has 0 aliphatic carbocycles. The summed E-state index contributed by atoms with van der Waals surface area (Å²) in [6.45, 7) is 22.5. The van der Waals surface area contributed by atoms with Crippen LogP contribution in [-0.4, -0.2) is 37.4 Å². The highest BCUT2D eigenvalue weighted by Gasteiger charge is 2.22. The van der Waals surface area contributed by atoms with Crippen LogP contribution in [-0.2, 0) is 4.74 Å². The number of carbonyl (C=O) groups is 1. The van der Waals surface area contributed by atoms with E-state index < -0.39 is 24.7 Å². The predicted molar refractivity (Wildman–Crippen MR) is 93.3 cm³/mol. The van der Waals surface area contributed by atoms with Gasteiger partial charge in [0.2, 0.25) is 0 Å². The summed E-state index contributed by atoms with van der Waals surface area (Å²) in [4.78, 5) is 13.6. The molecule has 0 heterocycles. The minimum Gasteiger partial charge on any atom is -0.450 e. The van der Waals surface area contributed by atoms with Crippen molar-refractivity contribution in [2.75, 3.05) is 6.61 Å². The van der Waals surface area contributed by atoms with Crippen molar-refractivity contribution >= 4 is 30.8 Å². The van der Waals surface area contributed by atoms with Crippen molar-refractivity contribution in [2.24, 2.45) is 0 Å². The molecule has 0 unspecified atom stereocenters. The largest absolute Gasteiger partial charge is 0.450 e. The molecule has 0 aromatic carbocycles. The Bertz CT molecular complexity index is 254. The second-order valence-electron chi connectivity index (χ2n) is 7.72. The first kappa shape index (κ1) is 21.2. The Morgan fingerprint density at radius 2 is 1.21 bits per heavy atom. The number of amides is 1. The zero-order valence-corrected chi connectivity index (χ0v) is 17.5. The van der Waals surface area contributed by atoms with E-state index in [0.717, 1.165) is 0 Å². The maximum atomic E-state index is 10.8. The van der Waals surface area contributed by atoms with Gasteiger partial charge in [-0.05, 0) is 6.92 Å². The molecule has 116 valence electrons. The van der Waals surface area contributed by atoms with E-state index in [9.17, 15) is 4.79 Å². The van der Waals surface area contributed by atoms with Crippen LogP contribution >= 0.6 is 0 Å². The number of carbonyl (C=O) groups excluding carboxylic acids is 1. The fourth-order valence-electron chi connectivity index (χ4n) is 1.60. The van der Waals surface area contributed by atoms with E-state index >= 15 is 0 Å². The summed E-state index contributed by atoms with van der Waals surface area (Å²) in [5.41, 5.74) is 0. The van der Waals surface area contributed by atoms with Crippen molar-refractivity contribution < 1.29 is 9.53 Å². The van der Waals surface area contributed by atoms with Gasteiger partial charge in [0.1, 0.15) is 16.5 Å². The zero-order chi connectivity index (χ0) is 15.9. The van der Waals surface area contributed by atoms with Gasteiger partial charge in [-0.2, -0.15) is 0 Å². The Labute approximate surface area is 123 Å².